The van der Waals surface area contributed by atoms with Gasteiger partial charge in [-0.2, -0.15) is 0 Å². The van der Waals surface area contributed by atoms with Crippen molar-refractivity contribution >= 4 is 17.3 Å². The van der Waals surface area contributed by atoms with Crippen LogP contribution < -0.4 is 10.1 Å². The number of para-hydroxylation sites is 2. The molecule has 0 aliphatic carbocycles. The highest BCUT2D eigenvalue weighted by atomic mass is 16.5. The molecule has 3 rings (SSSR count). The van der Waals surface area contributed by atoms with Crippen molar-refractivity contribution < 1.29 is 9.53 Å². The van der Waals surface area contributed by atoms with Gasteiger partial charge in [0.25, 0.3) is 5.91 Å². The largest absolute Gasteiger partial charge is 0.489 e. The van der Waals surface area contributed by atoms with E-state index in [1.165, 1.54) is 0 Å². The van der Waals surface area contributed by atoms with Crippen molar-refractivity contribution in [2.45, 2.75) is 32.8 Å². The third-order valence-corrected chi connectivity index (χ3v) is 3.90. The molecule has 126 valence electrons. The molecule has 1 amide bonds. The molecule has 0 bridgehead atoms. The zero-order valence-electron chi connectivity index (χ0n) is 14.2. The maximum atomic E-state index is 12.3. The van der Waals surface area contributed by atoms with Gasteiger partial charge in [-0.15, -0.1) is 0 Å². The summed E-state index contributed by atoms with van der Waals surface area (Å²) in [4.78, 5) is 18.5. The van der Waals surface area contributed by atoms with E-state index in [1.807, 2.05) is 49.1 Å². The molecule has 2 aromatic rings. The number of rotatable bonds is 5. The minimum atomic E-state index is 0.0163. The number of benzene rings is 1. The molecule has 2 heterocycles. The van der Waals surface area contributed by atoms with E-state index in [-0.39, 0.29) is 12.0 Å². The molecule has 1 aliphatic rings. The number of anilines is 2. The zero-order valence-corrected chi connectivity index (χ0v) is 14.2. The van der Waals surface area contributed by atoms with Gasteiger partial charge >= 0.3 is 0 Å². The van der Waals surface area contributed by atoms with Crippen LogP contribution in [0.25, 0.3) is 0 Å². The molecule has 1 aromatic carbocycles. The second-order valence-corrected chi connectivity index (χ2v) is 6.22. The van der Waals surface area contributed by atoms with Crippen LogP contribution in [0.1, 0.15) is 37.2 Å². The lowest BCUT2D eigenvalue weighted by Gasteiger charge is -2.16. The third kappa shape index (κ3) is 3.85. The molecule has 0 saturated carbocycles. The molecular formula is C19H23N3O2. The number of amides is 1. The summed E-state index contributed by atoms with van der Waals surface area (Å²) in [5.74, 6) is 0.812. The first-order valence-corrected chi connectivity index (χ1v) is 8.41. The molecule has 1 N–H and O–H groups in total. The summed E-state index contributed by atoms with van der Waals surface area (Å²) in [5, 5.41) is 3.30. The van der Waals surface area contributed by atoms with Crippen molar-refractivity contribution in [3.05, 3.63) is 48.3 Å². The summed E-state index contributed by atoms with van der Waals surface area (Å²) < 4.78 is 5.80. The quantitative estimate of drug-likeness (QED) is 0.907. The molecular weight excluding hydrogens is 302 g/mol. The lowest BCUT2D eigenvalue weighted by Crippen LogP contribution is -2.28. The Kier molecular flexibility index (Phi) is 4.99. The Balaban J connectivity index is 1.71. The Bertz CT molecular complexity index is 692. The smallest absolute Gasteiger partial charge is 0.272 e. The lowest BCUT2D eigenvalue weighted by molar-refractivity contribution is 0.0787. The fourth-order valence-corrected chi connectivity index (χ4v) is 2.76. The van der Waals surface area contributed by atoms with E-state index >= 15 is 0 Å². The number of carbonyl (C=O) groups excluding carboxylic acids is 1. The first kappa shape index (κ1) is 16.3. The minimum absolute atomic E-state index is 0.0163. The summed E-state index contributed by atoms with van der Waals surface area (Å²) in [6.45, 7) is 5.66. The molecule has 1 aromatic heterocycles. The second-order valence-electron chi connectivity index (χ2n) is 6.22. The molecule has 5 heteroatoms. The summed E-state index contributed by atoms with van der Waals surface area (Å²) >= 11 is 0. The Hall–Kier alpha value is -2.56. The van der Waals surface area contributed by atoms with Crippen molar-refractivity contribution in [3.8, 4) is 5.75 Å². The van der Waals surface area contributed by atoms with Gasteiger partial charge in [-0.1, -0.05) is 12.1 Å². The number of hydrogen-bond donors (Lipinski definition) is 1. The van der Waals surface area contributed by atoms with Crippen LogP contribution in [-0.2, 0) is 0 Å². The number of aromatic nitrogens is 1. The molecule has 5 nitrogen and oxygen atoms in total. The zero-order chi connectivity index (χ0) is 16.9. The number of ether oxygens (including phenoxy) is 1. The van der Waals surface area contributed by atoms with Gasteiger partial charge in [-0.05, 0) is 51.0 Å². The number of hydrogen-bond acceptors (Lipinski definition) is 4. The van der Waals surface area contributed by atoms with Crippen LogP contribution in [0.3, 0.4) is 0 Å². The normalized spacial score (nSPS) is 14.0. The maximum absolute atomic E-state index is 12.3. The number of nitrogens with one attached hydrogen (secondary N) is 1. The van der Waals surface area contributed by atoms with Crippen LogP contribution in [0.4, 0.5) is 11.4 Å². The van der Waals surface area contributed by atoms with E-state index < -0.39 is 0 Å². The van der Waals surface area contributed by atoms with E-state index in [0.29, 0.717) is 5.69 Å². The van der Waals surface area contributed by atoms with Crippen LogP contribution in [-0.4, -0.2) is 35.0 Å². The molecule has 1 aliphatic heterocycles. The molecule has 0 spiro atoms. The Morgan fingerprint density at radius 1 is 1.17 bits per heavy atom. The van der Waals surface area contributed by atoms with Crippen molar-refractivity contribution in [2.75, 3.05) is 18.4 Å². The number of pyridine rings is 1. The molecule has 0 radical (unpaired) electrons. The molecule has 0 atom stereocenters. The van der Waals surface area contributed by atoms with Crippen molar-refractivity contribution in [1.82, 2.24) is 9.88 Å². The van der Waals surface area contributed by atoms with Crippen LogP contribution in [0.2, 0.25) is 0 Å². The first-order valence-electron chi connectivity index (χ1n) is 8.41. The topological polar surface area (TPSA) is 54.5 Å². The van der Waals surface area contributed by atoms with E-state index in [0.717, 1.165) is 43.1 Å². The monoisotopic (exact) mass is 325 g/mol. The Morgan fingerprint density at radius 3 is 2.58 bits per heavy atom. The third-order valence-electron chi connectivity index (χ3n) is 3.90. The molecule has 24 heavy (non-hydrogen) atoms. The fraction of sp³-hybridized carbons (Fsp3) is 0.368. The molecule has 0 unspecified atom stereocenters. The van der Waals surface area contributed by atoms with E-state index in [4.69, 9.17) is 4.74 Å². The number of likely N-dealkylation sites (tertiary alicyclic amines) is 1. The van der Waals surface area contributed by atoms with Crippen LogP contribution >= 0.6 is 0 Å². The van der Waals surface area contributed by atoms with Gasteiger partial charge in [-0.3, -0.25) is 4.79 Å². The van der Waals surface area contributed by atoms with Gasteiger partial charge < -0.3 is 15.0 Å². The highest BCUT2D eigenvalue weighted by Crippen LogP contribution is 2.28. The van der Waals surface area contributed by atoms with Gasteiger partial charge in [0.2, 0.25) is 0 Å². The van der Waals surface area contributed by atoms with E-state index in [9.17, 15) is 4.79 Å². The van der Waals surface area contributed by atoms with E-state index in [1.54, 1.807) is 12.3 Å². The van der Waals surface area contributed by atoms with Gasteiger partial charge in [-0.25, -0.2) is 4.98 Å². The maximum Gasteiger partial charge on any atom is 0.272 e. The molecule has 1 saturated heterocycles. The Labute approximate surface area is 142 Å². The van der Waals surface area contributed by atoms with Crippen molar-refractivity contribution in [1.29, 1.82) is 0 Å². The van der Waals surface area contributed by atoms with Crippen molar-refractivity contribution in [2.24, 2.45) is 0 Å². The van der Waals surface area contributed by atoms with E-state index in [2.05, 4.69) is 10.3 Å². The van der Waals surface area contributed by atoms with Crippen LogP contribution in [0.15, 0.2) is 42.6 Å². The fourth-order valence-electron chi connectivity index (χ4n) is 2.76. The average molecular weight is 325 g/mol. The van der Waals surface area contributed by atoms with Gasteiger partial charge in [0.15, 0.2) is 0 Å². The summed E-state index contributed by atoms with van der Waals surface area (Å²) in [6, 6.07) is 11.4. The van der Waals surface area contributed by atoms with Crippen LogP contribution in [0, 0.1) is 0 Å². The first-order chi connectivity index (χ1) is 11.6. The lowest BCUT2D eigenvalue weighted by atomic mass is 10.2. The summed E-state index contributed by atoms with van der Waals surface area (Å²) in [5.41, 5.74) is 2.20. The standard InChI is InChI=1S/C19H23N3O2/c1-14(2)24-18-8-4-3-7-16(18)21-15-9-10-17(20-13-15)19(23)22-11-5-6-12-22/h3-4,7-10,13-14,21H,5-6,11-12H2,1-2H3. The predicted octanol–water partition coefficient (Wildman–Crippen LogP) is 3.85. The Morgan fingerprint density at radius 2 is 1.92 bits per heavy atom. The average Bonchev–Trinajstić information content (AvgIpc) is 3.11. The summed E-state index contributed by atoms with van der Waals surface area (Å²) in [7, 11) is 0. The number of carbonyl (C=O) groups is 1. The SMILES string of the molecule is CC(C)Oc1ccccc1Nc1ccc(C(=O)N2CCCC2)nc1. The predicted molar refractivity (Wildman–Crippen MR) is 94.9 cm³/mol. The molecule has 1 fully saturated rings. The van der Waals surface area contributed by atoms with Gasteiger partial charge in [0.05, 0.1) is 23.7 Å². The number of nitrogens with zero attached hydrogens (tertiary/aromatic N) is 2. The van der Waals surface area contributed by atoms with Crippen LogP contribution in [0.5, 0.6) is 5.75 Å². The van der Waals surface area contributed by atoms with Gasteiger partial charge in [0.1, 0.15) is 11.4 Å². The second kappa shape index (κ2) is 7.34. The highest BCUT2D eigenvalue weighted by Gasteiger charge is 2.20. The summed E-state index contributed by atoms with van der Waals surface area (Å²) in [6.07, 6.45) is 3.96. The van der Waals surface area contributed by atoms with Gasteiger partial charge in [0, 0.05) is 13.1 Å². The highest BCUT2D eigenvalue weighted by molar-refractivity contribution is 5.92. The van der Waals surface area contributed by atoms with Crippen molar-refractivity contribution in [3.63, 3.8) is 0 Å². The minimum Gasteiger partial charge on any atom is -0.489 e.